The van der Waals surface area contributed by atoms with Crippen molar-refractivity contribution in [1.82, 2.24) is 5.32 Å². The molecule has 0 radical (unpaired) electrons. The molecule has 1 fully saturated rings. The molecule has 3 nitrogen and oxygen atoms in total. The van der Waals surface area contributed by atoms with E-state index in [4.69, 9.17) is 4.74 Å². The summed E-state index contributed by atoms with van der Waals surface area (Å²) in [5.74, 6) is 0.649. The highest BCUT2D eigenvalue weighted by atomic mass is 32.1. The van der Waals surface area contributed by atoms with E-state index in [0.717, 1.165) is 19.4 Å². The van der Waals surface area contributed by atoms with Crippen molar-refractivity contribution >= 4 is 17.2 Å². The Morgan fingerprint density at radius 3 is 2.78 bits per heavy atom. The van der Waals surface area contributed by atoms with Gasteiger partial charge in [-0.1, -0.05) is 19.9 Å². The van der Waals surface area contributed by atoms with Crippen molar-refractivity contribution in [3.8, 4) is 0 Å². The minimum atomic E-state index is -0.360. The average molecular weight is 267 g/mol. The fourth-order valence-electron chi connectivity index (χ4n) is 2.32. The van der Waals surface area contributed by atoms with Crippen molar-refractivity contribution in [1.29, 1.82) is 0 Å². The first-order valence-electron chi connectivity index (χ1n) is 6.55. The average Bonchev–Trinajstić information content (AvgIpc) is 2.91. The van der Waals surface area contributed by atoms with Crippen LogP contribution in [0, 0.1) is 5.92 Å². The summed E-state index contributed by atoms with van der Waals surface area (Å²) in [5.41, 5.74) is -0.360. The smallest absolute Gasteiger partial charge is 0.231 e. The molecule has 1 saturated heterocycles. The van der Waals surface area contributed by atoms with Gasteiger partial charge in [0.1, 0.15) is 0 Å². The van der Waals surface area contributed by atoms with E-state index in [2.05, 4.69) is 25.2 Å². The maximum atomic E-state index is 12.6. The summed E-state index contributed by atoms with van der Waals surface area (Å²) in [7, 11) is 0. The zero-order chi connectivity index (χ0) is 13.0. The molecule has 1 amide bonds. The molecule has 0 saturated carbocycles. The van der Waals surface area contributed by atoms with E-state index in [1.54, 1.807) is 11.3 Å². The summed E-state index contributed by atoms with van der Waals surface area (Å²) >= 11 is 1.67. The third kappa shape index (κ3) is 2.75. The number of thiophene rings is 1. The first kappa shape index (κ1) is 13.6. The predicted molar refractivity (Wildman–Crippen MR) is 73.9 cm³/mol. The van der Waals surface area contributed by atoms with Crippen molar-refractivity contribution in [3.63, 3.8) is 0 Å². The van der Waals surface area contributed by atoms with E-state index < -0.39 is 0 Å². The lowest BCUT2D eigenvalue weighted by molar-refractivity contribution is -0.130. The first-order valence-corrected chi connectivity index (χ1v) is 7.43. The highest BCUT2D eigenvalue weighted by Gasteiger charge is 2.42. The maximum Gasteiger partial charge on any atom is 0.231 e. The van der Waals surface area contributed by atoms with E-state index in [1.165, 1.54) is 4.88 Å². The van der Waals surface area contributed by atoms with E-state index >= 15 is 0 Å². The van der Waals surface area contributed by atoms with Crippen molar-refractivity contribution in [2.45, 2.75) is 32.1 Å². The SMILES string of the molecule is CC(C)CNC(=O)C1(c2cccs2)CCOCC1. The van der Waals surface area contributed by atoms with Gasteiger partial charge in [0.25, 0.3) is 0 Å². The standard InChI is InChI=1S/C14H21NO2S/c1-11(2)10-15-13(16)14(5-7-17-8-6-14)12-4-3-9-18-12/h3-4,9,11H,5-8,10H2,1-2H3,(H,15,16). The van der Waals surface area contributed by atoms with E-state index in [1.807, 2.05) is 11.4 Å². The normalized spacial score (nSPS) is 18.8. The Bertz CT molecular complexity index is 381. The molecule has 18 heavy (non-hydrogen) atoms. The van der Waals surface area contributed by atoms with Gasteiger partial charge in [0.15, 0.2) is 0 Å². The van der Waals surface area contributed by atoms with Crippen LogP contribution >= 0.6 is 11.3 Å². The second-order valence-corrected chi connectivity index (χ2v) is 6.22. The highest BCUT2D eigenvalue weighted by Crippen LogP contribution is 2.37. The lowest BCUT2D eigenvalue weighted by Gasteiger charge is -2.35. The van der Waals surface area contributed by atoms with Gasteiger partial charge in [0, 0.05) is 24.6 Å². The Kier molecular flexibility index (Phi) is 4.40. The molecule has 2 rings (SSSR count). The van der Waals surface area contributed by atoms with Gasteiger partial charge < -0.3 is 10.1 Å². The number of hydrogen-bond donors (Lipinski definition) is 1. The van der Waals surface area contributed by atoms with Crippen LogP contribution in [0.25, 0.3) is 0 Å². The minimum Gasteiger partial charge on any atom is -0.381 e. The van der Waals surface area contributed by atoms with Crippen LogP contribution in [0.2, 0.25) is 0 Å². The lowest BCUT2D eigenvalue weighted by atomic mass is 9.78. The van der Waals surface area contributed by atoms with Gasteiger partial charge in [0.2, 0.25) is 5.91 Å². The van der Waals surface area contributed by atoms with Crippen molar-refractivity contribution in [2.75, 3.05) is 19.8 Å². The molecular weight excluding hydrogens is 246 g/mol. The zero-order valence-electron chi connectivity index (χ0n) is 11.1. The van der Waals surface area contributed by atoms with E-state index in [-0.39, 0.29) is 11.3 Å². The number of carbonyl (C=O) groups excluding carboxylic acids is 1. The topological polar surface area (TPSA) is 38.3 Å². The summed E-state index contributed by atoms with van der Waals surface area (Å²) in [4.78, 5) is 13.7. The van der Waals surface area contributed by atoms with Gasteiger partial charge in [-0.3, -0.25) is 4.79 Å². The molecule has 1 N–H and O–H groups in total. The van der Waals surface area contributed by atoms with Crippen molar-refractivity contribution in [2.24, 2.45) is 5.92 Å². The largest absolute Gasteiger partial charge is 0.381 e. The van der Waals surface area contributed by atoms with Crippen LogP contribution in [0.3, 0.4) is 0 Å². The predicted octanol–water partition coefficient (Wildman–Crippen LogP) is 2.57. The van der Waals surface area contributed by atoms with Gasteiger partial charge in [-0.15, -0.1) is 11.3 Å². The Morgan fingerprint density at radius 1 is 1.50 bits per heavy atom. The Labute approximate surface area is 113 Å². The van der Waals surface area contributed by atoms with E-state index in [9.17, 15) is 4.79 Å². The summed E-state index contributed by atoms with van der Waals surface area (Å²) in [5, 5.41) is 5.14. The van der Waals surface area contributed by atoms with Crippen LogP contribution in [0.1, 0.15) is 31.6 Å². The Balaban J connectivity index is 2.17. The summed E-state index contributed by atoms with van der Waals surface area (Å²) in [6, 6.07) is 4.10. The van der Waals surface area contributed by atoms with Gasteiger partial charge >= 0.3 is 0 Å². The lowest BCUT2D eigenvalue weighted by Crippen LogP contribution is -2.48. The molecule has 1 aliphatic rings. The molecule has 0 atom stereocenters. The highest BCUT2D eigenvalue weighted by molar-refractivity contribution is 7.10. The molecule has 2 heterocycles. The van der Waals surface area contributed by atoms with Crippen LogP contribution in [-0.4, -0.2) is 25.7 Å². The van der Waals surface area contributed by atoms with Crippen LogP contribution in [0.15, 0.2) is 17.5 Å². The molecule has 0 spiro atoms. The van der Waals surface area contributed by atoms with Gasteiger partial charge in [-0.25, -0.2) is 0 Å². The number of amides is 1. The number of hydrogen-bond acceptors (Lipinski definition) is 3. The quantitative estimate of drug-likeness (QED) is 0.910. The molecule has 1 aliphatic heterocycles. The number of rotatable bonds is 4. The number of carbonyl (C=O) groups is 1. The van der Waals surface area contributed by atoms with Crippen LogP contribution in [0.4, 0.5) is 0 Å². The molecule has 0 aromatic carbocycles. The maximum absolute atomic E-state index is 12.6. The number of ether oxygens (including phenoxy) is 1. The molecule has 0 unspecified atom stereocenters. The molecule has 0 bridgehead atoms. The summed E-state index contributed by atoms with van der Waals surface area (Å²) < 4.78 is 5.42. The fourth-order valence-corrected chi connectivity index (χ4v) is 3.31. The van der Waals surface area contributed by atoms with Crippen molar-refractivity contribution in [3.05, 3.63) is 22.4 Å². The molecule has 1 aromatic rings. The third-order valence-electron chi connectivity index (χ3n) is 3.44. The summed E-state index contributed by atoms with van der Waals surface area (Å²) in [6.07, 6.45) is 1.58. The van der Waals surface area contributed by atoms with Gasteiger partial charge in [-0.05, 0) is 30.2 Å². The monoisotopic (exact) mass is 267 g/mol. The van der Waals surface area contributed by atoms with Crippen LogP contribution in [0.5, 0.6) is 0 Å². The molecule has 0 aliphatic carbocycles. The second kappa shape index (κ2) is 5.85. The number of nitrogens with one attached hydrogen (secondary N) is 1. The third-order valence-corrected chi connectivity index (χ3v) is 4.52. The first-order chi connectivity index (χ1) is 8.65. The Morgan fingerprint density at radius 2 is 2.22 bits per heavy atom. The van der Waals surface area contributed by atoms with Crippen LogP contribution < -0.4 is 5.32 Å². The molecular formula is C14H21NO2S. The molecule has 1 aromatic heterocycles. The van der Waals surface area contributed by atoms with Crippen LogP contribution in [-0.2, 0) is 14.9 Å². The van der Waals surface area contributed by atoms with E-state index in [0.29, 0.717) is 19.1 Å². The fraction of sp³-hybridized carbons (Fsp3) is 0.643. The summed E-state index contributed by atoms with van der Waals surface area (Å²) in [6.45, 7) is 6.32. The van der Waals surface area contributed by atoms with Gasteiger partial charge in [0.05, 0.1) is 5.41 Å². The molecule has 100 valence electrons. The van der Waals surface area contributed by atoms with Gasteiger partial charge in [-0.2, -0.15) is 0 Å². The molecule has 4 heteroatoms. The van der Waals surface area contributed by atoms with Crippen molar-refractivity contribution < 1.29 is 9.53 Å². The minimum absolute atomic E-state index is 0.168. The Hall–Kier alpha value is -0.870. The zero-order valence-corrected chi connectivity index (χ0v) is 11.9. The second-order valence-electron chi connectivity index (χ2n) is 5.28.